The van der Waals surface area contributed by atoms with Crippen molar-refractivity contribution in [1.82, 2.24) is 0 Å². The number of hydrogen-bond acceptors (Lipinski definition) is 2. The van der Waals surface area contributed by atoms with Crippen molar-refractivity contribution in [2.75, 3.05) is 0 Å². The summed E-state index contributed by atoms with van der Waals surface area (Å²) in [5.74, 6) is -1.19. The fourth-order valence-electron chi connectivity index (χ4n) is 1.45. The minimum atomic E-state index is -1.19. The van der Waals surface area contributed by atoms with Crippen molar-refractivity contribution in [2.45, 2.75) is 19.3 Å². The average Bonchev–Trinajstić information content (AvgIpc) is 2.27. The number of hydrogen-bond donors (Lipinski definition) is 1. The highest BCUT2D eigenvalue weighted by Crippen LogP contribution is 2.25. The van der Waals surface area contributed by atoms with Gasteiger partial charge in [0.1, 0.15) is 11.6 Å². The van der Waals surface area contributed by atoms with Crippen LogP contribution in [0.15, 0.2) is 42.0 Å². The number of nitrogens with zero attached hydrogens (tertiary/aromatic N) is 1. The third-order valence-corrected chi connectivity index (χ3v) is 2.37. The van der Waals surface area contributed by atoms with Gasteiger partial charge in [-0.05, 0) is 11.6 Å². The van der Waals surface area contributed by atoms with Crippen LogP contribution in [0, 0.1) is 11.3 Å². The van der Waals surface area contributed by atoms with Gasteiger partial charge >= 0.3 is 5.97 Å². The van der Waals surface area contributed by atoms with Crippen LogP contribution < -0.4 is 0 Å². The second kappa shape index (κ2) is 4.63. The number of carboxylic acids is 1. The Morgan fingerprint density at radius 2 is 1.94 bits per heavy atom. The second-order valence-corrected chi connectivity index (χ2v) is 4.06. The van der Waals surface area contributed by atoms with E-state index in [1.54, 1.807) is 6.07 Å². The van der Waals surface area contributed by atoms with Gasteiger partial charge < -0.3 is 5.11 Å². The molecule has 3 heteroatoms. The fraction of sp³-hybridized carbons (Fsp3) is 0.231. The Morgan fingerprint density at radius 3 is 2.38 bits per heavy atom. The molecule has 0 aliphatic carbocycles. The van der Waals surface area contributed by atoms with E-state index >= 15 is 0 Å². The van der Waals surface area contributed by atoms with Crippen LogP contribution in [-0.2, 0) is 10.2 Å². The SMILES string of the molecule is CC(C)(C=C(C#N)C(=O)O)c1ccccc1. The Balaban J connectivity index is 3.14. The van der Waals surface area contributed by atoms with Gasteiger partial charge in [0, 0.05) is 5.41 Å². The van der Waals surface area contributed by atoms with Gasteiger partial charge in [0.05, 0.1) is 0 Å². The van der Waals surface area contributed by atoms with E-state index in [2.05, 4.69) is 0 Å². The van der Waals surface area contributed by atoms with E-state index in [0.717, 1.165) is 5.56 Å². The zero-order chi connectivity index (χ0) is 12.2. The van der Waals surface area contributed by atoms with Gasteiger partial charge in [-0.3, -0.25) is 0 Å². The molecule has 0 aliphatic heterocycles. The van der Waals surface area contributed by atoms with E-state index in [0.29, 0.717) is 0 Å². The molecule has 0 atom stereocenters. The van der Waals surface area contributed by atoms with Crippen molar-refractivity contribution in [1.29, 1.82) is 5.26 Å². The second-order valence-electron chi connectivity index (χ2n) is 4.06. The van der Waals surface area contributed by atoms with Gasteiger partial charge in [-0.2, -0.15) is 5.26 Å². The molecule has 0 saturated carbocycles. The zero-order valence-corrected chi connectivity index (χ0v) is 9.27. The largest absolute Gasteiger partial charge is 0.477 e. The average molecular weight is 215 g/mol. The van der Waals surface area contributed by atoms with Gasteiger partial charge in [-0.25, -0.2) is 4.79 Å². The Labute approximate surface area is 94.6 Å². The Hall–Kier alpha value is -2.08. The maximum atomic E-state index is 10.7. The molecule has 0 heterocycles. The smallest absolute Gasteiger partial charge is 0.346 e. The van der Waals surface area contributed by atoms with E-state index in [9.17, 15) is 4.79 Å². The van der Waals surface area contributed by atoms with Gasteiger partial charge in [0.15, 0.2) is 0 Å². The Morgan fingerprint density at radius 1 is 1.38 bits per heavy atom. The van der Waals surface area contributed by atoms with Crippen molar-refractivity contribution >= 4 is 5.97 Å². The molecule has 0 bridgehead atoms. The number of aliphatic carboxylic acids is 1. The molecule has 82 valence electrons. The highest BCUT2D eigenvalue weighted by molar-refractivity contribution is 5.91. The van der Waals surface area contributed by atoms with E-state index < -0.39 is 11.4 Å². The van der Waals surface area contributed by atoms with E-state index in [-0.39, 0.29) is 5.57 Å². The topological polar surface area (TPSA) is 61.1 Å². The lowest BCUT2D eigenvalue weighted by Gasteiger charge is -2.20. The molecule has 3 nitrogen and oxygen atoms in total. The number of rotatable bonds is 3. The Bertz CT molecular complexity index is 453. The van der Waals surface area contributed by atoms with Crippen molar-refractivity contribution in [3.05, 3.63) is 47.5 Å². The summed E-state index contributed by atoms with van der Waals surface area (Å²) >= 11 is 0. The molecule has 0 fully saturated rings. The third kappa shape index (κ3) is 2.71. The molecule has 1 aromatic carbocycles. The molecule has 1 N–H and O–H groups in total. The van der Waals surface area contributed by atoms with Crippen molar-refractivity contribution in [3.8, 4) is 6.07 Å². The van der Waals surface area contributed by atoms with Crippen LogP contribution in [0.1, 0.15) is 19.4 Å². The molecule has 0 saturated heterocycles. The number of nitriles is 1. The van der Waals surface area contributed by atoms with Crippen LogP contribution in [0.5, 0.6) is 0 Å². The summed E-state index contributed by atoms with van der Waals surface area (Å²) in [5.41, 5.74) is 0.280. The lowest BCUT2D eigenvalue weighted by Crippen LogP contribution is -2.16. The lowest BCUT2D eigenvalue weighted by atomic mass is 9.83. The lowest BCUT2D eigenvalue weighted by molar-refractivity contribution is -0.132. The van der Waals surface area contributed by atoms with E-state index in [1.165, 1.54) is 6.08 Å². The van der Waals surface area contributed by atoms with Crippen molar-refractivity contribution in [2.24, 2.45) is 0 Å². The quantitative estimate of drug-likeness (QED) is 0.622. The first-order valence-corrected chi connectivity index (χ1v) is 4.89. The molecule has 1 aromatic rings. The first-order chi connectivity index (χ1) is 7.47. The monoisotopic (exact) mass is 215 g/mol. The van der Waals surface area contributed by atoms with Crippen LogP contribution in [0.3, 0.4) is 0 Å². The highest BCUT2D eigenvalue weighted by Gasteiger charge is 2.20. The van der Waals surface area contributed by atoms with Gasteiger partial charge in [-0.15, -0.1) is 0 Å². The standard InChI is InChI=1S/C13H13NO2/c1-13(2,8-10(9-14)12(15)16)11-6-4-3-5-7-11/h3-8H,1-2H3,(H,15,16). The van der Waals surface area contributed by atoms with Crippen LogP contribution in [-0.4, -0.2) is 11.1 Å². The predicted octanol–water partition coefficient (Wildman–Crippen LogP) is 2.50. The molecular formula is C13H13NO2. The first kappa shape index (κ1) is 12.0. The van der Waals surface area contributed by atoms with Crippen LogP contribution in [0.2, 0.25) is 0 Å². The summed E-state index contributed by atoms with van der Waals surface area (Å²) in [5, 5.41) is 17.5. The molecular weight excluding hydrogens is 202 g/mol. The normalized spacial score (nSPS) is 11.9. The number of carbonyl (C=O) groups is 1. The number of allylic oxidation sites excluding steroid dienone is 1. The minimum Gasteiger partial charge on any atom is -0.477 e. The highest BCUT2D eigenvalue weighted by atomic mass is 16.4. The fourth-order valence-corrected chi connectivity index (χ4v) is 1.45. The summed E-state index contributed by atoms with van der Waals surface area (Å²) in [4.78, 5) is 10.7. The molecule has 0 amide bonds. The maximum absolute atomic E-state index is 10.7. The van der Waals surface area contributed by atoms with Crippen molar-refractivity contribution < 1.29 is 9.90 Å². The number of carboxylic acid groups (broad SMARTS) is 1. The Kier molecular flexibility index (Phi) is 3.47. The molecule has 0 aliphatic rings. The van der Waals surface area contributed by atoms with Crippen LogP contribution in [0.4, 0.5) is 0 Å². The summed E-state index contributed by atoms with van der Waals surface area (Å²) < 4.78 is 0. The van der Waals surface area contributed by atoms with Crippen LogP contribution in [0.25, 0.3) is 0 Å². The van der Waals surface area contributed by atoms with E-state index in [1.807, 2.05) is 44.2 Å². The minimum absolute atomic E-state index is 0.228. The van der Waals surface area contributed by atoms with Crippen molar-refractivity contribution in [3.63, 3.8) is 0 Å². The molecule has 0 spiro atoms. The van der Waals surface area contributed by atoms with Gasteiger partial charge in [0.25, 0.3) is 0 Å². The molecule has 0 unspecified atom stereocenters. The summed E-state index contributed by atoms with van der Waals surface area (Å²) in [6, 6.07) is 11.2. The zero-order valence-electron chi connectivity index (χ0n) is 9.27. The molecule has 16 heavy (non-hydrogen) atoms. The molecule has 1 rings (SSSR count). The van der Waals surface area contributed by atoms with Gasteiger partial charge in [-0.1, -0.05) is 44.2 Å². The van der Waals surface area contributed by atoms with Gasteiger partial charge in [0.2, 0.25) is 0 Å². The summed E-state index contributed by atoms with van der Waals surface area (Å²) in [6.45, 7) is 3.76. The maximum Gasteiger partial charge on any atom is 0.346 e. The first-order valence-electron chi connectivity index (χ1n) is 4.89. The molecule has 0 radical (unpaired) electrons. The van der Waals surface area contributed by atoms with Crippen LogP contribution >= 0.6 is 0 Å². The van der Waals surface area contributed by atoms with E-state index in [4.69, 9.17) is 10.4 Å². The summed E-state index contributed by atoms with van der Waals surface area (Å²) in [7, 11) is 0. The third-order valence-electron chi connectivity index (χ3n) is 2.37. The predicted molar refractivity (Wildman–Crippen MR) is 60.8 cm³/mol. The molecule has 0 aromatic heterocycles. The summed E-state index contributed by atoms with van der Waals surface area (Å²) in [6.07, 6.45) is 1.48. The number of benzene rings is 1.